The number of H-pyrrole nitrogens is 1. The Kier molecular flexibility index (Phi) is 3.10. The van der Waals surface area contributed by atoms with Gasteiger partial charge in [-0.1, -0.05) is 17.7 Å². The first-order valence-corrected chi connectivity index (χ1v) is 5.55. The average Bonchev–Trinajstić information content (AvgIpc) is 2.61. The number of fused-ring (bicyclic) bond motifs is 1. The lowest BCUT2D eigenvalue weighted by Gasteiger charge is -2.18. The molecule has 0 saturated carbocycles. The van der Waals surface area contributed by atoms with Gasteiger partial charge in [0, 0.05) is 23.5 Å². The highest BCUT2D eigenvalue weighted by Gasteiger charge is 2.36. The fraction of sp³-hybridized carbons (Fsp3) is 0.200. The molecule has 2 nitrogen and oxygen atoms in total. The third kappa shape index (κ3) is 2.42. The second kappa shape index (κ2) is 4.27. The van der Waals surface area contributed by atoms with Crippen LogP contribution >= 0.6 is 11.6 Å². The van der Waals surface area contributed by atoms with Gasteiger partial charge in [0.25, 0.3) is 0 Å². The van der Waals surface area contributed by atoms with Gasteiger partial charge in [-0.15, -0.1) is 0 Å². The highest BCUT2D eigenvalue weighted by atomic mass is 35.5. The van der Waals surface area contributed by atoms with E-state index < -0.39 is 12.9 Å². The molecule has 0 aliphatic carbocycles. The Bertz CT molecular complexity index is 538. The summed E-state index contributed by atoms with van der Waals surface area (Å²) >= 11 is 5.98. The molecule has 2 rings (SSSR count). The van der Waals surface area contributed by atoms with E-state index in [1.165, 1.54) is 0 Å². The van der Waals surface area contributed by atoms with Crippen LogP contribution in [0.4, 0.5) is 12.9 Å². The number of rotatable bonds is 3. The van der Waals surface area contributed by atoms with Crippen LogP contribution in [-0.2, 0) is 6.42 Å². The fourth-order valence-corrected chi connectivity index (χ4v) is 2.08. The van der Waals surface area contributed by atoms with Gasteiger partial charge in [-0.25, -0.2) is 0 Å². The van der Waals surface area contributed by atoms with Crippen molar-refractivity contribution in [2.45, 2.75) is 12.4 Å². The Labute approximate surface area is 101 Å². The molecule has 1 heterocycles. The summed E-state index contributed by atoms with van der Waals surface area (Å²) in [6.45, 7) is -4.92. The Morgan fingerprint density at radius 1 is 1.35 bits per heavy atom. The molecule has 0 aliphatic rings. The summed E-state index contributed by atoms with van der Waals surface area (Å²) in [5.41, 5.74) is 4.47. The third-order valence-electron chi connectivity index (χ3n) is 2.75. The van der Waals surface area contributed by atoms with E-state index in [9.17, 15) is 12.9 Å². The SMILES string of the molecule is [NH3+]C(Cc1c[nH]c2cccc(Cl)c12)[B-](F)(F)F. The van der Waals surface area contributed by atoms with E-state index in [4.69, 9.17) is 11.6 Å². The summed E-state index contributed by atoms with van der Waals surface area (Å²) in [6, 6.07) is 5.19. The van der Waals surface area contributed by atoms with Crippen molar-refractivity contribution in [3.05, 3.63) is 35.0 Å². The van der Waals surface area contributed by atoms with E-state index in [1.807, 2.05) is 0 Å². The topological polar surface area (TPSA) is 43.4 Å². The van der Waals surface area contributed by atoms with Gasteiger partial charge in [0.15, 0.2) is 0 Å². The molecule has 1 unspecified atom stereocenters. The highest BCUT2D eigenvalue weighted by molar-refractivity contribution is 6.59. The number of aromatic nitrogens is 1. The monoisotopic (exact) mass is 262 g/mol. The van der Waals surface area contributed by atoms with Gasteiger partial charge in [0.05, 0.1) is 11.0 Å². The van der Waals surface area contributed by atoms with Crippen LogP contribution in [0.1, 0.15) is 5.56 Å². The Balaban J connectivity index is 2.37. The highest BCUT2D eigenvalue weighted by Crippen LogP contribution is 2.28. The van der Waals surface area contributed by atoms with Crippen LogP contribution in [0.15, 0.2) is 24.4 Å². The van der Waals surface area contributed by atoms with Crippen molar-refractivity contribution in [3.63, 3.8) is 0 Å². The van der Waals surface area contributed by atoms with E-state index in [0.29, 0.717) is 16.0 Å². The molecule has 92 valence electrons. The molecule has 4 N–H and O–H groups in total. The number of aromatic amines is 1. The summed E-state index contributed by atoms with van der Waals surface area (Å²) in [5.74, 6) is -1.56. The van der Waals surface area contributed by atoms with Crippen LogP contribution in [0.5, 0.6) is 0 Å². The molecule has 0 fully saturated rings. The van der Waals surface area contributed by atoms with Crippen molar-refractivity contribution in [1.82, 2.24) is 4.98 Å². The van der Waals surface area contributed by atoms with Gasteiger partial charge in [-0.3, -0.25) is 0 Å². The molecule has 0 amide bonds. The minimum Gasteiger partial charge on any atom is -0.445 e. The molecule has 1 aromatic carbocycles. The number of halogens is 4. The van der Waals surface area contributed by atoms with Gasteiger partial charge in [0.2, 0.25) is 0 Å². The summed E-state index contributed by atoms with van der Waals surface area (Å²) < 4.78 is 37.5. The second-order valence-electron chi connectivity index (χ2n) is 4.07. The Morgan fingerprint density at radius 2 is 2.06 bits per heavy atom. The molecule has 0 spiro atoms. The lowest BCUT2D eigenvalue weighted by molar-refractivity contribution is -0.399. The normalized spacial score (nSPS) is 14.2. The number of nitrogens with one attached hydrogen (secondary N) is 1. The Morgan fingerprint density at radius 3 is 2.71 bits per heavy atom. The molecule has 17 heavy (non-hydrogen) atoms. The quantitative estimate of drug-likeness (QED) is 0.798. The average molecular weight is 262 g/mol. The first kappa shape index (κ1) is 12.3. The van der Waals surface area contributed by atoms with E-state index in [-0.39, 0.29) is 6.42 Å². The first-order chi connectivity index (χ1) is 7.89. The molecule has 0 aliphatic heterocycles. The molecule has 1 aromatic heterocycles. The van der Waals surface area contributed by atoms with Crippen LogP contribution in [0.25, 0.3) is 10.9 Å². The zero-order valence-corrected chi connectivity index (χ0v) is 9.65. The molecule has 7 heteroatoms. The predicted molar refractivity (Wildman–Crippen MR) is 62.8 cm³/mol. The van der Waals surface area contributed by atoms with Crippen molar-refractivity contribution >= 4 is 29.5 Å². The van der Waals surface area contributed by atoms with Crippen LogP contribution in [-0.4, -0.2) is 17.9 Å². The number of benzene rings is 1. The molecular formula is C10H11BClF3N2. The van der Waals surface area contributed by atoms with Crippen molar-refractivity contribution in [3.8, 4) is 0 Å². The standard InChI is InChI=1S/C10H10BClF3N2/c12-7-2-1-3-8-10(7)6(5-17-8)4-9(16)11(13,14)15/h1-3,5,9,17H,4,16H2/q-1/p+1. The molecular weight excluding hydrogens is 251 g/mol. The zero-order valence-electron chi connectivity index (χ0n) is 8.89. The molecule has 1 atom stereocenters. The molecule has 0 bridgehead atoms. The molecule has 0 radical (unpaired) electrons. The zero-order chi connectivity index (χ0) is 12.6. The molecule has 2 aromatic rings. The number of hydrogen-bond acceptors (Lipinski definition) is 0. The maximum Gasteiger partial charge on any atom is 0.535 e. The lowest BCUT2D eigenvalue weighted by atomic mass is 9.76. The maximum absolute atomic E-state index is 12.5. The van der Waals surface area contributed by atoms with Crippen LogP contribution in [0.2, 0.25) is 5.02 Å². The van der Waals surface area contributed by atoms with Gasteiger partial charge >= 0.3 is 6.98 Å². The van der Waals surface area contributed by atoms with Crippen molar-refractivity contribution < 1.29 is 18.7 Å². The van der Waals surface area contributed by atoms with E-state index in [2.05, 4.69) is 10.7 Å². The van der Waals surface area contributed by atoms with Crippen molar-refractivity contribution in [1.29, 1.82) is 0 Å². The van der Waals surface area contributed by atoms with Crippen LogP contribution in [0.3, 0.4) is 0 Å². The Hall–Kier alpha value is -1.14. The predicted octanol–water partition coefficient (Wildman–Crippen LogP) is 2.36. The molecule has 0 saturated heterocycles. The van der Waals surface area contributed by atoms with Gasteiger partial charge in [0.1, 0.15) is 0 Å². The number of quaternary nitrogens is 1. The maximum atomic E-state index is 12.5. The first-order valence-electron chi connectivity index (χ1n) is 5.17. The summed E-state index contributed by atoms with van der Waals surface area (Å²) in [6.07, 6.45) is 1.42. The summed E-state index contributed by atoms with van der Waals surface area (Å²) in [5, 5.41) is 1.11. The summed E-state index contributed by atoms with van der Waals surface area (Å²) in [7, 11) is 0. The van der Waals surface area contributed by atoms with Gasteiger partial charge in [-0.2, -0.15) is 0 Å². The third-order valence-corrected chi connectivity index (χ3v) is 3.07. The number of hydrogen-bond donors (Lipinski definition) is 2. The van der Waals surface area contributed by atoms with Crippen LogP contribution < -0.4 is 5.73 Å². The van der Waals surface area contributed by atoms with E-state index in [0.717, 1.165) is 5.52 Å². The summed E-state index contributed by atoms with van der Waals surface area (Å²) in [4.78, 5) is 2.91. The minimum atomic E-state index is -4.92. The fourth-order valence-electron chi connectivity index (χ4n) is 1.78. The lowest BCUT2D eigenvalue weighted by Crippen LogP contribution is -2.71. The largest absolute Gasteiger partial charge is 0.535 e. The smallest absolute Gasteiger partial charge is 0.445 e. The van der Waals surface area contributed by atoms with Gasteiger partial charge < -0.3 is 23.7 Å². The van der Waals surface area contributed by atoms with Crippen molar-refractivity contribution in [2.24, 2.45) is 0 Å². The second-order valence-corrected chi connectivity index (χ2v) is 4.47. The van der Waals surface area contributed by atoms with Crippen LogP contribution in [0, 0.1) is 0 Å². The minimum absolute atomic E-state index is 0.146. The van der Waals surface area contributed by atoms with Crippen molar-refractivity contribution in [2.75, 3.05) is 0 Å². The van der Waals surface area contributed by atoms with Gasteiger partial charge in [-0.05, 0) is 17.7 Å². The van der Waals surface area contributed by atoms with E-state index in [1.54, 1.807) is 24.4 Å². The van der Waals surface area contributed by atoms with E-state index >= 15 is 0 Å².